The molecule has 1 aliphatic rings. The van der Waals surface area contributed by atoms with Crippen LogP contribution in [0.3, 0.4) is 0 Å². The summed E-state index contributed by atoms with van der Waals surface area (Å²) in [6.45, 7) is 2.59. The smallest absolute Gasteiger partial charge is 0.276 e. The van der Waals surface area contributed by atoms with E-state index in [0.29, 0.717) is 17.4 Å². The van der Waals surface area contributed by atoms with Crippen LogP contribution in [0.15, 0.2) is 54.2 Å². The summed E-state index contributed by atoms with van der Waals surface area (Å²) in [5.41, 5.74) is 3.75. The normalized spacial score (nSPS) is 15.8. The minimum atomic E-state index is -0.125. The van der Waals surface area contributed by atoms with Crippen molar-refractivity contribution >= 4 is 29.3 Å². The van der Waals surface area contributed by atoms with Crippen molar-refractivity contribution in [3.8, 4) is 5.75 Å². The zero-order valence-electron chi connectivity index (χ0n) is 13.6. The summed E-state index contributed by atoms with van der Waals surface area (Å²) in [6, 6.07) is 15.9. The van der Waals surface area contributed by atoms with Crippen molar-refractivity contribution in [3.05, 3.63) is 70.9 Å². The first-order chi connectivity index (χ1) is 11.5. The molecule has 24 heavy (non-hydrogen) atoms. The second-order valence-corrected chi connectivity index (χ2v) is 6.08. The van der Waals surface area contributed by atoms with Crippen molar-refractivity contribution < 1.29 is 9.53 Å². The van der Waals surface area contributed by atoms with Crippen LogP contribution in [0, 0.1) is 6.92 Å². The molecule has 1 N–H and O–H groups in total. The number of nitrogens with one attached hydrogen (secondary N) is 1. The fraction of sp³-hybridized carbons (Fsp3) is 0.158. The Morgan fingerprint density at radius 2 is 1.79 bits per heavy atom. The average molecular weight is 338 g/mol. The number of carbonyl (C=O) groups is 1. The van der Waals surface area contributed by atoms with E-state index in [1.54, 1.807) is 13.1 Å². The standard InChI is InChI=1S/C19H18N2O2S/c1-13-3-5-15(6-4-13)12-23-16-9-7-14(8-10-16)11-17-18(22)21(2)19(24)20-17/h3-11H,12H2,1-2H3,(H,20,24)/b17-11-. The molecule has 1 heterocycles. The molecule has 122 valence electrons. The monoisotopic (exact) mass is 338 g/mol. The van der Waals surface area contributed by atoms with Crippen LogP contribution in [0.25, 0.3) is 6.08 Å². The van der Waals surface area contributed by atoms with Gasteiger partial charge < -0.3 is 10.1 Å². The molecule has 0 atom stereocenters. The molecule has 0 unspecified atom stereocenters. The number of amides is 1. The van der Waals surface area contributed by atoms with Crippen LogP contribution in [-0.4, -0.2) is 23.0 Å². The number of aryl methyl sites for hydroxylation is 1. The Labute approximate surface area is 146 Å². The second-order valence-electron chi connectivity index (χ2n) is 5.70. The Morgan fingerprint density at radius 3 is 2.38 bits per heavy atom. The molecule has 0 aliphatic carbocycles. The van der Waals surface area contributed by atoms with E-state index < -0.39 is 0 Å². The minimum absolute atomic E-state index is 0.125. The first kappa shape index (κ1) is 16.2. The number of benzene rings is 2. The Morgan fingerprint density at radius 1 is 1.12 bits per heavy atom. The molecule has 2 aromatic carbocycles. The topological polar surface area (TPSA) is 41.6 Å². The van der Waals surface area contributed by atoms with Crippen LogP contribution in [0.1, 0.15) is 16.7 Å². The highest BCUT2D eigenvalue weighted by Crippen LogP contribution is 2.18. The number of thiocarbonyl (C=S) groups is 1. The van der Waals surface area contributed by atoms with Gasteiger partial charge in [0.2, 0.25) is 0 Å². The fourth-order valence-corrected chi connectivity index (χ4v) is 2.49. The SMILES string of the molecule is Cc1ccc(COc2ccc(/C=C3\NC(=S)N(C)C3=O)cc2)cc1. The van der Waals surface area contributed by atoms with E-state index in [4.69, 9.17) is 17.0 Å². The quantitative estimate of drug-likeness (QED) is 0.686. The van der Waals surface area contributed by atoms with Crippen molar-refractivity contribution in [3.63, 3.8) is 0 Å². The van der Waals surface area contributed by atoms with Gasteiger partial charge in [-0.2, -0.15) is 0 Å². The van der Waals surface area contributed by atoms with E-state index in [0.717, 1.165) is 16.9 Å². The summed E-state index contributed by atoms with van der Waals surface area (Å²) in [4.78, 5) is 13.4. The van der Waals surface area contributed by atoms with Crippen LogP contribution < -0.4 is 10.1 Å². The van der Waals surface area contributed by atoms with Crippen molar-refractivity contribution in [2.24, 2.45) is 0 Å². The Kier molecular flexibility index (Phi) is 4.62. The first-order valence-electron chi connectivity index (χ1n) is 7.62. The summed E-state index contributed by atoms with van der Waals surface area (Å²) < 4.78 is 5.78. The van der Waals surface area contributed by atoms with Gasteiger partial charge >= 0.3 is 0 Å². The number of rotatable bonds is 4. The largest absolute Gasteiger partial charge is 0.489 e. The van der Waals surface area contributed by atoms with Crippen molar-refractivity contribution in [2.75, 3.05) is 7.05 Å². The second kappa shape index (κ2) is 6.84. The van der Waals surface area contributed by atoms with Crippen LogP contribution in [0.4, 0.5) is 0 Å². The molecular weight excluding hydrogens is 320 g/mol. The minimum Gasteiger partial charge on any atom is -0.489 e. The number of carbonyl (C=O) groups excluding carboxylic acids is 1. The highest BCUT2D eigenvalue weighted by atomic mass is 32.1. The first-order valence-corrected chi connectivity index (χ1v) is 8.03. The highest BCUT2D eigenvalue weighted by molar-refractivity contribution is 7.80. The third-order valence-electron chi connectivity index (χ3n) is 3.80. The number of likely N-dealkylation sites (N-methyl/N-ethyl adjacent to an activating group) is 1. The van der Waals surface area contributed by atoms with Crippen molar-refractivity contribution in [2.45, 2.75) is 13.5 Å². The Balaban J connectivity index is 1.64. The van der Waals surface area contributed by atoms with Gasteiger partial charge in [0.25, 0.3) is 5.91 Å². The van der Waals surface area contributed by atoms with Crippen molar-refractivity contribution in [1.29, 1.82) is 0 Å². The maximum Gasteiger partial charge on any atom is 0.276 e. The summed E-state index contributed by atoms with van der Waals surface area (Å²) in [6.07, 6.45) is 1.78. The van der Waals surface area contributed by atoms with Crippen LogP contribution in [0.2, 0.25) is 0 Å². The van der Waals surface area contributed by atoms with Crippen LogP contribution in [-0.2, 0) is 11.4 Å². The summed E-state index contributed by atoms with van der Waals surface area (Å²) in [7, 11) is 1.65. The predicted molar refractivity (Wildman–Crippen MR) is 98.4 cm³/mol. The zero-order chi connectivity index (χ0) is 17.1. The third kappa shape index (κ3) is 3.63. The van der Waals surface area contributed by atoms with Crippen LogP contribution in [0.5, 0.6) is 5.75 Å². The van der Waals surface area contributed by atoms with E-state index in [9.17, 15) is 4.79 Å². The fourth-order valence-electron chi connectivity index (χ4n) is 2.30. The maximum atomic E-state index is 12.0. The van der Waals surface area contributed by atoms with E-state index in [-0.39, 0.29) is 5.91 Å². The molecule has 1 saturated heterocycles. The van der Waals surface area contributed by atoms with Gasteiger partial charge in [-0.05, 0) is 48.5 Å². The highest BCUT2D eigenvalue weighted by Gasteiger charge is 2.26. The van der Waals surface area contributed by atoms with Gasteiger partial charge in [0.1, 0.15) is 18.1 Å². The Hall–Kier alpha value is -2.66. The van der Waals surface area contributed by atoms with Gasteiger partial charge in [0.05, 0.1) is 0 Å². The van der Waals surface area contributed by atoms with E-state index >= 15 is 0 Å². The molecule has 1 amide bonds. The summed E-state index contributed by atoms with van der Waals surface area (Å²) in [5, 5.41) is 3.33. The summed E-state index contributed by atoms with van der Waals surface area (Å²) >= 11 is 5.05. The molecule has 3 rings (SSSR count). The molecule has 0 radical (unpaired) electrons. The number of nitrogens with zero attached hydrogens (tertiary/aromatic N) is 1. The number of hydrogen-bond donors (Lipinski definition) is 1. The molecular formula is C19H18N2O2S. The zero-order valence-corrected chi connectivity index (χ0v) is 14.4. The third-order valence-corrected chi connectivity index (χ3v) is 4.17. The lowest BCUT2D eigenvalue weighted by Crippen LogP contribution is -2.25. The van der Waals surface area contributed by atoms with Gasteiger partial charge in [-0.1, -0.05) is 42.0 Å². The number of ether oxygens (including phenoxy) is 1. The molecule has 0 saturated carbocycles. The van der Waals surface area contributed by atoms with E-state index in [1.807, 2.05) is 24.3 Å². The van der Waals surface area contributed by atoms with E-state index in [1.165, 1.54) is 10.5 Å². The molecule has 5 heteroatoms. The molecule has 0 bridgehead atoms. The Bertz CT molecular complexity index is 795. The molecule has 0 spiro atoms. The molecule has 2 aromatic rings. The van der Waals surface area contributed by atoms with Gasteiger partial charge in [0, 0.05) is 7.05 Å². The van der Waals surface area contributed by atoms with Gasteiger partial charge in [0.15, 0.2) is 5.11 Å². The molecule has 4 nitrogen and oxygen atoms in total. The van der Waals surface area contributed by atoms with Gasteiger partial charge in [-0.3, -0.25) is 9.69 Å². The molecule has 0 aromatic heterocycles. The van der Waals surface area contributed by atoms with Crippen LogP contribution >= 0.6 is 12.2 Å². The maximum absolute atomic E-state index is 12.0. The average Bonchev–Trinajstić information content (AvgIpc) is 2.83. The lowest BCUT2D eigenvalue weighted by molar-refractivity contribution is -0.121. The lowest BCUT2D eigenvalue weighted by atomic mass is 10.1. The van der Waals surface area contributed by atoms with E-state index in [2.05, 4.69) is 36.5 Å². The lowest BCUT2D eigenvalue weighted by Gasteiger charge is -2.07. The van der Waals surface area contributed by atoms with Crippen molar-refractivity contribution in [1.82, 2.24) is 10.2 Å². The molecule has 1 aliphatic heterocycles. The summed E-state index contributed by atoms with van der Waals surface area (Å²) in [5.74, 6) is 0.663. The van der Waals surface area contributed by atoms with Gasteiger partial charge in [-0.25, -0.2) is 0 Å². The van der Waals surface area contributed by atoms with Gasteiger partial charge in [-0.15, -0.1) is 0 Å². The number of hydrogen-bond acceptors (Lipinski definition) is 3. The predicted octanol–water partition coefficient (Wildman–Crippen LogP) is 3.26. The molecule has 1 fully saturated rings.